The predicted molar refractivity (Wildman–Crippen MR) is 138 cm³/mol. The second-order valence-corrected chi connectivity index (χ2v) is 9.20. The van der Waals surface area contributed by atoms with Gasteiger partial charge in [-0.05, 0) is 55.5 Å². The Kier molecular flexibility index (Phi) is 9.22. The highest BCUT2D eigenvalue weighted by Gasteiger charge is 2.49. The van der Waals surface area contributed by atoms with Crippen molar-refractivity contribution in [1.29, 1.82) is 0 Å². The third-order valence-corrected chi connectivity index (χ3v) is 6.06. The van der Waals surface area contributed by atoms with Crippen LogP contribution >= 0.6 is 0 Å². The molecule has 4 rings (SSSR count). The van der Waals surface area contributed by atoms with Crippen LogP contribution in [-0.4, -0.2) is 31.4 Å². The highest BCUT2D eigenvalue weighted by molar-refractivity contribution is 7.88. The fraction of sp³-hybridized carbons (Fsp3) is 0.192. The van der Waals surface area contributed by atoms with E-state index in [-0.39, 0.29) is 34.5 Å². The van der Waals surface area contributed by atoms with E-state index in [2.05, 4.69) is 4.18 Å². The number of rotatable bonds is 8. The molecule has 0 saturated heterocycles. The number of carbonyl (C=O) groups excluding carboxylic acids is 1. The van der Waals surface area contributed by atoms with Crippen LogP contribution in [0.25, 0.3) is 22.3 Å². The number of hydrogen-bond donors (Lipinski definition) is 0. The topological polar surface area (TPSA) is 135 Å². The highest BCUT2D eigenvalue weighted by Crippen LogP contribution is 2.42. The third kappa shape index (κ3) is 6.74. The smallest absolute Gasteiger partial charge is 0.462 e. The Morgan fingerprint density at radius 2 is 1.56 bits per heavy atom. The van der Waals surface area contributed by atoms with Gasteiger partial charge in [0.15, 0.2) is 0 Å². The molecule has 41 heavy (non-hydrogen) atoms. The predicted octanol–water partition coefficient (Wildman–Crippen LogP) is 7.37. The first-order valence-electron chi connectivity index (χ1n) is 11.8. The second-order valence-electron chi connectivity index (χ2n) is 7.66. The van der Waals surface area contributed by atoms with E-state index in [4.69, 9.17) is 13.9 Å². The average molecular weight is 600 g/mol. The summed E-state index contributed by atoms with van der Waals surface area (Å²) in [4.78, 5) is 23.1. The Balaban J connectivity index is 0.00000226. The quantitative estimate of drug-likeness (QED) is 0.0508. The zero-order chi connectivity index (χ0) is 30.5. The first-order valence-corrected chi connectivity index (χ1v) is 13.2. The lowest BCUT2D eigenvalue weighted by Gasteiger charge is -2.10. The average Bonchev–Trinajstić information content (AvgIpc) is 3.29. The normalized spacial score (nSPS) is 11.4. The van der Waals surface area contributed by atoms with Gasteiger partial charge in [-0.3, -0.25) is 10.1 Å². The molecule has 0 bridgehead atoms. The molecule has 0 amide bonds. The number of nitrogens with zero attached hydrogens (tertiary/aromatic N) is 1. The van der Waals surface area contributed by atoms with Gasteiger partial charge in [-0.2, -0.15) is 21.6 Å². The Labute approximate surface area is 230 Å². The van der Waals surface area contributed by atoms with Crippen LogP contribution in [0.15, 0.2) is 65.1 Å². The summed E-state index contributed by atoms with van der Waals surface area (Å²) in [6, 6.07) is 12.2. The SMILES string of the molecule is CC.CCOC(=O)c1c(-c2ccc(Oc3ccc(F)cc3)cc2)oc2cc([N+](=O)[O-])c(OS(=O)(=O)C(F)(F)F)cc12. The van der Waals surface area contributed by atoms with Gasteiger partial charge in [0.05, 0.1) is 17.6 Å². The molecule has 4 aromatic rings. The molecule has 10 nitrogen and oxygen atoms in total. The van der Waals surface area contributed by atoms with Crippen LogP contribution in [0, 0.1) is 15.9 Å². The van der Waals surface area contributed by atoms with Gasteiger partial charge in [-0.15, -0.1) is 0 Å². The molecule has 0 N–H and O–H groups in total. The molecule has 0 atom stereocenters. The Morgan fingerprint density at radius 3 is 2.07 bits per heavy atom. The monoisotopic (exact) mass is 599 g/mol. The molecule has 0 radical (unpaired) electrons. The number of esters is 1. The van der Waals surface area contributed by atoms with Crippen LogP contribution in [0.3, 0.4) is 0 Å². The standard InChI is InChI=1S/C24H15F4NO9S.C2H6/c1-2-35-23(30)21-17-11-20(38-39(33,34)24(26,27)28)18(29(31)32)12-19(17)37-22(21)13-3-7-15(8-4-13)36-16-9-5-14(25)6-10-16;1-2/h3-12H,2H2,1H3;1-2H3. The summed E-state index contributed by atoms with van der Waals surface area (Å²) < 4.78 is 95.2. The fourth-order valence-corrected chi connectivity index (χ4v) is 3.87. The van der Waals surface area contributed by atoms with Crippen LogP contribution in [0.4, 0.5) is 23.2 Å². The molecule has 0 fully saturated rings. The van der Waals surface area contributed by atoms with Gasteiger partial charge >= 0.3 is 27.3 Å². The molecule has 0 aliphatic rings. The van der Waals surface area contributed by atoms with Crippen molar-refractivity contribution in [2.75, 3.05) is 6.61 Å². The third-order valence-electron chi connectivity index (χ3n) is 5.09. The summed E-state index contributed by atoms with van der Waals surface area (Å²) >= 11 is 0. The van der Waals surface area contributed by atoms with Crippen LogP contribution in [-0.2, 0) is 14.9 Å². The Bertz CT molecular complexity index is 1660. The zero-order valence-corrected chi connectivity index (χ0v) is 22.3. The number of hydrogen-bond acceptors (Lipinski definition) is 9. The molecule has 0 aliphatic heterocycles. The van der Waals surface area contributed by atoms with Gasteiger partial charge in [0.1, 0.15) is 34.2 Å². The zero-order valence-electron chi connectivity index (χ0n) is 21.5. The summed E-state index contributed by atoms with van der Waals surface area (Å²) in [5, 5.41) is 11.2. The molecule has 218 valence electrons. The van der Waals surface area contributed by atoms with E-state index >= 15 is 0 Å². The number of nitro groups is 1. The number of benzene rings is 3. The van der Waals surface area contributed by atoms with Crippen molar-refractivity contribution in [2.45, 2.75) is 26.3 Å². The van der Waals surface area contributed by atoms with Gasteiger partial charge in [0, 0.05) is 17.0 Å². The van der Waals surface area contributed by atoms with Crippen LogP contribution in [0.1, 0.15) is 31.1 Å². The molecule has 3 aromatic carbocycles. The summed E-state index contributed by atoms with van der Waals surface area (Å²) in [6.45, 7) is 5.37. The number of alkyl halides is 3. The Hall–Kier alpha value is -4.66. The summed E-state index contributed by atoms with van der Waals surface area (Å²) in [5.74, 6) is -2.29. The van der Waals surface area contributed by atoms with Gasteiger partial charge < -0.3 is 18.1 Å². The number of fused-ring (bicyclic) bond motifs is 1. The van der Waals surface area contributed by atoms with Crippen molar-refractivity contribution in [1.82, 2.24) is 0 Å². The van der Waals surface area contributed by atoms with E-state index in [0.717, 1.165) is 0 Å². The second kappa shape index (κ2) is 12.2. The number of ether oxygens (including phenoxy) is 2. The van der Waals surface area contributed by atoms with E-state index in [0.29, 0.717) is 23.6 Å². The molecular formula is C26H21F4NO9S. The molecule has 0 saturated carbocycles. The van der Waals surface area contributed by atoms with Crippen molar-refractivity contribution in [3.05, 3.63) is 82.2 Å². The largest absolute Gasteiger partial charge is 0.534 e. The van der Waals surface area contributed by atoms with Crippen molar-refractivity contribution in [3.63, 3.8) is 0 Å². The first-order chi connectivity index (χ1) is 19.3. The maximum absolute atomic E-state index is 13.1. The van der Waals surface area contributed by atoms with Crippen LogP contribution in [0.2, 0.25) is 0 Å². The van der Waals surface area contributed by atoms with E-state index in [1.807, 2.05) is 13.8 Å². The van der Waals surface area contributed by atoms with Crippen LogP contribution < -0.4 is 8.92 Å². The molecular weight excluding hydrogens is 578 g/mol. The van der Waals surface area contributed by atoms with E-state index in [9.17, 15) is 40.9 Å². The lowest BCUT2D eigenvalue weighted by molar-refractivity contribution is -0.385. The number of halogens is 4. The minimum absolute atomic E-state index is 0.117. The van der Waals surface area contributed by atoms with E-state index in [1.165, 1.54) is 55.5 Å². The molecule has 15 heteroatoms. The summed E-state index contributed by atoms with van der Waals surface area (Å²) in [5.41, 5.74) is -7.48. The van der Waals surface area contributed by atoms with Crippen molar-refractivity contribution in [3.8, 4) is 28.6 Å². The first kappa shape index (κ1) is 30.9. The number of carbonyl (C=O) groups is 1. The maximum Gasteiger partial charge on any atom is 0.534 e. The lowest BCUT2D eigenvalue weighted by atomic mass is 10.0. The van der Waals surface area contributed by atoms with Crippen molar-refractivity contribution >= 4 is 32.7 Å². The Morgan fingerprint density at radius 1 is 1.00 bits per heavy atom. The van der Waals surface area contributed by atoms with Gasteiger partial charge in [-0.25, -0.2) is 9.18 Å². The molecule has 0 unspecified atom stereocenters. The number of furan rings is 1. The minimum atomic E-state index is -6.28. The molecule has 1 heterocycles. The summed E-state index contributed by atoms with van der Waals surface area (Å²) in [6.07, 6.45) is 0. The summed E-state index contributed by atoms with van der Waals surface area (Å²) in [7, 11) is -6.28. The van der Waals surface area contributed by atoms with Gasteiger partial charge in [0.25, 0.3) is 0 Å². The van der Waals surface area contributed by atoms with Crippen molar-refractivity contribution < 1.29 is 53.8 Å². The minimum Gasteiger partial charge on any atom is -0.462 e. The lowest BCUT2D eigenvalue weighted by Crippen LogP contribution is -2.28. The number of nitro benzene ring substituents is 1. The molecule has 1 aromatic heterocycles. The van der Waals surface area contributed by atoms with Gasteiger partial charge in [0.2, 0.25) is 5.75 Å². The van der Waals surface area contributed by atoms with Gasteiger partial charge in [-0.1, -0.05) is 13.8 Å². The fourth-order valence-electron chi connectivity index (χ4n) is 3.41. The van der Waals surface area contributed by atoms with E-state index < -0.39 is 43.8 Å². The van der Waals surface area contributed by atoms with Crippen LogP contribution in [0.5, 0.6) is 17.2 Å². The molecule has 0 aliphatic carbocycles. The maximum atomic E-state index is 13.1. The van der Waals surface area contributed by atoms with E-state index in [1.54, 1.807) is 0 Å². The highest BCUT2D eigenvalue weighted by atomic mass is 32.2. The molecule has 0 spiro atoms. The van der Waals surface area contributed by atoms with Crippen molar-refractivity contribution in [2.24, 2.45) is 0 Å².